The lowest BCUT2D eigenvalue weighted by molar-refractivity contribution is 0.454. The van der Waals surface area contributed by atoms with Gasteiger partial charge in [0.05, 0.1) is 0 Å². The van der Waals surface area contributed by atoms with Crippen molar-refractivity contribution in [3.05, 3.63) is 178 Å². The standard InChI is InChI=1S/C42H34O2/c1-27-25-29(19-21-39(27)43)41(35-15-7-3-11-31(35)32-12-4-8-16-36(32)41)23-24-42(30-20-22-40(44)28(2)26-30)37-17-9-5-13-33(37)34-14-6-10-18-38(34)42/h3-22,25-26,43-44H,23-24H2,1-2H3. The Morgan fingerprint density at radius 3 is 1.00 bits per heavy atom. The smallest absolute Gasteiger partial charge is 0.118 e. The molecule has 0 heterocycles. The van der Waals surface area contributed by atoms with E-state index in [-0.39, 0.29) is 0 Å². The van der Waals surface area contributed by atoms with E-state index in [2.05, 4.69) is 121 Å². The van der Waals surface area contributed by atoms with Gasteiger partial charge in [-0.3, -0.25) is 0 Å². The predicted molar refractivity (Wildman–Crippen MR) is 178 cm³/mol. The van der Waals surface area contributed by atoms with Crippen LogP contribution in [0.4, 0.5) is 0 Å². The van der Waals surface area contributed by atoms with Gasteiger partial charge in [-0.2, -0.15) is 0 Å². The monoisotopic (exact) mass is 570 g/mol. The second-order valence-electron chi connectivity index (χ2n) is 12.5. The third kappa shape index (κ3) is 3.55. The van der Waals surface area contributed by atoms with Gasteiger partial charge in [0.2, 0.25) is 0 Å². The molecule has 2 nitrogen and oxygen atoms in total. The number of hydrogen-bond donors (Lipinski definition) is 2. The van der Waals surface area contributed by atoms with E-state index in [1.165, 1.54) is 55.6 Å². The minimum atomic E-state index is -0.420. The summed E-state index contributed by atoms with van der Waals surface area (Å²) in [5.74, 6) is 0.635. The molecule has 6 aromatic rings. The maximum atomic E-state index is 10.6. The molecule has 0 amide bonds. The molecule has 2 heteroatoms. The molecule has 0 saturated carbocycles. The van der Waals surface area contributed by atoms with Crippen molar-refractivity contribution in [3.63, 3.8) is 0 Å². The van der Waals surface area contributed by atoms with Crippen molar-refractivity contribution >= 4 is 0 Å². The molecule has 2 aliphatic carbocycles. The SMILES string of the molecule is Cc1cc(C2(CCC3(c4ccc(O)c(C)c4)c4ccccc4-c4ccccc43)c3ccccc3-c3ccccc32)ccc1O. The van der Waals surface area contributed by atoms with Crippen LogP contribution in [0.1, 0.15) is 57.3 Å². The number of phenolic OH excluding ortho intramolecular Hbond substituents is 2. The van der Waals surface area contributed by atoms with E-state index in [9.17, 15) is 10.2 Å². The largest absolute Gasteiger partial charge is 0.508 e. The van der Waals surface area contributed by atoms with Crippen LogP contribution in [-0.2, 0) is 10.8 Å². The van der Waals surface area contributed by atoms with Gasteiger partial charge in [-0.1, -0.05) is 121 Å². The first-order chi connectivity index (χ1) is 21.4. The van der Waals surface area contributed by atoms with Gasteiger partial charge in [0.15, 0.2) is 0 Å². The molecule has 0 fully saturated rings. The third-order valence-electron chi connectivity index (χ3n) is 10.4. The van der Waals surface area contributed by atoms with Crippen LogP contribution in [0, 0.1) is 13.8 Å². The van der Waals surface area contributed by atoms with E-state index >= 15 is 0 Å². The summed E-state index contributed by atoms with van der Waals surface area (Å²) in [6.07, 6.45) is 1.68. The summed E-state index contributed by atoms with van der Waals surface area (Å²) in [6.45, 7) is 3.98. The van der Waals surface area contributed by atoms with Crippen LogP contribution < -0.4 is 0 Å². The van der Waals surface area contributed by atoms with Crippen LogP contribution in [0.15, 0.2) is 133 Å². The summed E-state index contributed by atoms with van der Waals surface area (Å²) >= 11 is 0. The van der Waals surface area contributed by atoms with E-state index in [1.54, 1.807) is 0 Å². The van der Waals surface area contributed by atoms with Crippen molar-refractivity contribution in [2.75, 3.05) is 0 Å². The summed E-state index contributed by atoms with van der Waals surface area (Å²) in [6, 6.07) is 47.7. The first kappa shape index (κ1) is 26.5. The zero-order valence-corrected chi connectivity index (χ0v) is 25.0. The molecule has 0 aromatic heterocycles. The molecule has 2 aliphatic rings. The van der Waals surface area contributed by atoms with Gasteiger partial charge < -0.3 is 10.2 Å². The highest BCUT2D eigenvalue weighted by molar-refractivity contribution is 5.85. The first-order valence-corrected chi connectivity index (χ1v) is 15.4. The van der Waals surface area contributed by atoms with Crippen LogP contribution in [0.5, 0.6) is 11.5 Å². The minimum Gasteiger partial charge on any atom is -0.508 e. The van der Waals surface area contributed by atoms with E-state index in [0.29, 0.717) is 11.5 Å². The highest BCUT2D eigenvalue weighted by Crippen LogP contribution is 2.60. The number of aromatic hydroxyl groups is 2. The Hall–Kier alpha value is -5.08. The number of phenols is 2. The van der Waals surface area contributed by atoms with Crippen LogP contribution in [0.25, 0.3) is 22.3 Å². The van der Waals surface area contributed by atoms with Crippen molar-refractivity contribution in [3.8, 4) is 33.8 Å². The van der Waals surface area contributed by atoms with Crippen molar-refractivity contribution in [2.24, 2.45) is 0 Å². The van der Waals surface area contributed by atoms with Gasteiger partial charge in [-0.15, -0.1) is 0 Å². The number of fused-ring (bicyclic) bond motifs is 6. The Kier molecular flexibility index (Phi) is 5.86. The third-order valence-corrected chi connectivity index (χ3v) is 10.4. The molecule has 0 spiro atoms. The normalized spacial score (nSPS) is 14.9. The Labute approximate surface area is 258 Å². The van der Waals surface area contributed by atoms with E-state index in [0.717, 1.165) is 24.0 Å². The number of rotatable bonds is 5. The first-order valence-electron chi connectivity index (χ1n) is 15.4. The van der Waals surface area contributed by atoms with Crippen molar-refractivity contribution < 1.29 is 10.2 Å². The van der Waals surface area contributed by atoms with Crippen molar-refractivity contribution in [1.82, 2.24) is 0 Å². The Morgan fingerprint density at radius 2 is 0.705 bits per heavy atom. The predicted octanol–water partition coefficient (Wildman–Crippen LogP) is 9.82. The van der Waals surface area contributed by atoms with Crippen LogP contribution >= 0.6 is 0 Å². The molecule has 0 unspecified atom stereocenters. The maximum absolute atomic E-state index is 10.6. The van der Waals surface area contributed by atoms with E-state index in [1.807, 2.05) is 26.0 Å². The quantitative estimate of drug-likeness (QED) is 0.217. The zero-order chi connectivity index (χ0) is 30.1. The number of benzene rings is 6. The average molecular weight is 571 g/mol. The molecule has 0 atom stereocenters. The second-order valence-corrected chi connectivity index (χ2v) is 12.5. The van der Waals surface area contributed by atoms with Gasteiger partial charge in [0.1, 0.15) is 11.5 Å². The molecule has 6 aromatic carbocycles. The Bertz CT molecular complexity index is 1840. The van der Waals surface area contributed by atoms with Crippen LogP contribution in [0.3, 0.4) is 0 Å². The van der Waals surface area contributed by atoms with Crippen LogP contribution in [0.2, 0.25) is 0 Å². The molecule has 2 N–H and O–H groups in total. The minimum absolute atomic E-state index is 0.318. The van der Waals surface area contributed by atoms with Crippen LogP contribution in [-0.4, -0.2) is 10.2 Å². The summed E-state index contributed by atoms with van der Waals surface area (Å²) < 4.78 is 0. The molecule has 44 heavy (non-hydrogen) atoms. The van der Waals surface area contributed by atoms with Crippen molar-refractivity contribution in [1.29, 1.82) is 0 Å². The highest BCUT2D eigenvalue weighted by Gasteiger charge is 2.50. The number of aryl methyl sites for hydroxylation is 2. The molecule has 0 aliphatic heterocycles. The molecule has 0 radical (unpaired) electrons. The molecular weight excluding hydrogens is 536 g/mol. The van der Waals surface area contributed by atoms with Gasteiger partial charge in [0.25, 0.3) is 0 Å². The molecule has 214 valence electrons. The lowest BCUT2D eigenvalue weighted by Crippen LogP contribution is -2.34. The van der Waals surface area contributed by atoms with Gasteiger partial charge >= 0.3 is 0 Å². The van der Waals surface area contributed by atoms with Gasteiger partial charge in [-0.25, -0.2) is 0 Å². The Morgan fingerprint density at radius 1 is 0.409 bits per heavy atom. The topological polar surface area (TPSA) is 40.5 Å². The summed E-state index contributed by atoms with van der Waals surface area (Å²) in [5.41, 5.74) is 13.6. The lowest BCUT2D eigenvalue weighted by Gasteiger charge is -2.39. The molecule has 0 saturated heterocycles. The van der Waals surface area contributed by atoms with E-state index in [4.69, 9.17) is 0 Å². The van der Waals surface area contributed by atoms with Crippen molar-refractivity contribution in [2.45, 2.75) is 37.5 Å². The summed E-state index contributed by atoms with van der Waals surface area (Å²) in [7, 11) is 0. The lowest BCUT2D eigenvalue weighted by atomic mass is 9.62. The fourth-order valence-corrected chi connectivity index (χ4v) is 8.32. The fourth-order valence-electron chi connectivity index (χ4n) is 8.32. The molecular formula is C42H34O2. The molecule has 0 bridgehead atoms. The second kappa shape index (κ2) is 9.72. The summed E-state index contributed by atoms with van der Waals surface area (Å²) in [4.78, 5) is 0. The van der Waals surface area contributed by atoms with Gasteiger partial charge in [-0.05, 0) is 106 Å². The molecule has 8 rings (SSSR count). The fraction of sp³-hybridized carbons (Fsp3) is 0.143. The number of hydrogen-bond acceptors (Lipinski definition) is 2. The average Bonchev–Trinajstić information content (AvgIpc) is 3.51. The zero-order valence-electron chi connectivity index (χ0n) is 25.0. The summed E-state index contributed by atoms with van der Waals surface area (Å²) in [5, 5.41) is 21.2. The highest BCUT2D eigenvalue weighted by atomic mass is 16.3. The van der Waals surface area contributed by atoms with E-state index < -0.39 is 10.8 Å². The maximum Gasteiger partial charge on any atom is 0.118 e. The van der Waals surface area contributed by atoms with Gasteiger partial charge in [0, 0.05) is 10.8 Å². The Balaban J connectivity index is 1.42.